The van der Waals surface area contributed by atoms with Gasteiger partial charge in [-0.05, 0) is 38.2 Å². The number of amides is 4. The molecule has 8 nitrogen and oxygen atoms in total. The highest BCUT2D eigenvalue weighted by Crippen LogP contribution is 2.22. The summed E-state index contributed by atoms with van der Waals surface area (Å²) < 4.78 is 39.4. The van der Waals surface area contributed by atoms with E-state index in [2.05, 4.69) is 4.90 Å². The Balaban J connectivity index is 1.79. The highest BCUT2D eigenvalue weighted by Gasteiger charge is 2.26. The normalized spacial score (nSPS) is 14.1. The fourth-order valence-electron chi connectivity index (χ4n) is 3.39. The zero-order valence-corrected chi connectivity index (χ0v) is 18.9. The van der Waals surface area contributed by atoms with Crippen molar-refractivity contribution in [3.8, 4) is 0 Å². The van der Waals surface area contributed by atoms with Crippen LogP contribution in [0.25, 0.3) is 0 Å². The van der Waals surface area contributed by atoms with E-state index in [-0.39, 0.29) is 23.7 Å². The number of hydrazine groups is 1. The lowest BCUT2D eigenvalue weighted by Gasteiger charge is -2.36. The molecular formula is C23H26F3N5O3. The van der Waals surface area contributed by atoms with Gasteiger partial charge in [0.2, 0.25) is 0 Å². The maximum Gasteiger partial charge on any atom is 0.324 e. The molecule has 3 rings (SSSR count). The first kappa shape index (κ1) is 25.0. The van der Waals surface area contributed by atoms with Crippen molar-refractivity contribution in [1.29, 1.82) is 0 Å². The molecule has 0 aromatic heterocycles. The number of carbonyl (C=O) groups is 3. The second kappa shape index (κ2) is 11.0. The monoisotopic (exact) mass is 477 g/mol. The summed E-state index contributed by atoms with van der Waals surface area (Å²) in [7, 11) is 1.98. The fraction of sp³-hybridized carbons (Fsp3) is 0.348. The van der Waals surface area contributed by atoms with Crippen LogP contribution in [0.1, 0.15) is 21.5 Å². The molecular weight excluding hydrogens is 451 g/mol. The number of aryl methyl sites for hydroxylation is 1. The number of carbonyl (C=O) groups excluding carboxylic acids is 3. The topological polar surface area (TPSA) is 85.0 Å². The highest BCUT2D eigenvalue weighted by atomic mass is 19.3. The number of rotatable bonds is 5. The van der Waals surface area contributed by atoms with Gasteiger partial charge in [-0.1, -0.05) is 23.8 Å². The lowest BCUT2D eigenvalue weighted by atomic mass is 10.1. The molecule has 11 heteroatoms. The van der Waals surface area contributed by atoms with Crippen molar-refractivity contribution in [2.75, 3.05) is 38.1 Å². The molecule has 0 atom stereocenters. The minimum Gasteiger partial charge on any atom is -0.322 e. The van der Waals surface area contributed by atoms with Crippen molar-refractivity contribution in [2.45, 2.75) is 19.9 Å². The molecule has 0 bridgehead atoms. The molecule has 182 valence electrons. The van der Waals surface area contributed by atoms with E-state index in [1.807, 2.05) is 26.1 Å². The van der Waals surface area contributed by atoms with E-state index < -0.39 is 24.1 Å². The number of likely N-dealkylation sites (N-methyl/N-ethyl adjacent to an activating group) is 1. The largest absolute Gasteiger partial charge is 0.324 e. The fourth-order valence-corrected chi connectivity index (χ4v) is 3.39. The molecule has 0 aliphatic carbocycles. The van der Waals surface area contributed by atoms with Crippen molar-refractivity contribution < 1.29 is 27.6 Å². The predicted octanol–water partition coefficient (Wildman–Crippen LogP) is 2.53. The van der Waals surface area contributed by atoms with Gasteiger partial charge in [-0.25, -0.2) is 9.18 Å². The summed E-state index contributed by atoms with van der Waals surface area (Å²) >= 11 is 0. The van der Waals surface area contributed by atoms with Gasteiger partial charge in [-0.15, -0.1) is 0 Å². The average Bonchev–Trinajstić information content (AvgIpc) is 2.82. The van der Waals surface area contributed by atoms with Gasteiger partial charge in [0.15, 0.2) is 0 Å². The maximum atomic E-state index is 14.9. The third-order valence-corrected chi connectivity index (χ3v) is 5.49. The van der Waals surface area contributed by atoms with E-state index >= 15 is 0 Å². The smallest absolute Gasteiger partial charge is 0.322 e. The Morgan fingerprint density at radius 2 is 1.65 bits per heavy atom. The van der Waals surface area contributed by atoms with Crippen LogP contribution in [-0.4, -0.2) is 67.3 Å². The van der Waals surface area contributed by atoms with Crippen LogP contribution in [0.4, 0.5) is 23.7 Å². The van der Waals surface area contributed by atoms with E-state index in [9.17, 15) is 27.6 Å². The first-order valence-corrected chi connectivity index (χ1v) is 10.6. The number of urea groups is 1. The van der Waals surface area contributed by atoms with Crippen molar-refractivity contribution in [3.63, 3.8) is 0 Å². The van der Waals surface area contributed by atoms with Gasteiger partial charge in [-0.3, -0.25) is 25.3 Å². The Morgan fingerprint density at radius 1 is 1.00 bits per heavy atom. The Labute approximate surface area is 195 Å². The number of nitrogens with one attached hydrogen (secondary N) is 2. The molecule has 1 saturated heterocycles. The molecule has 0 radical (unpaired) electrons. The first-order valence-electron chi connectivity index (χ1n) is 10.6. The van der Waals surface area contributed by atoms with Crippen LogP contribution >= 0.6 is 0 Å². The van der Waals surface area contributed by atoms with E-state index in [0.29, 0.717) is 18.8 Å². The number of benzene rings is 2. The van der Waals surface area contributed by atoms with Gasteiger partial charge in [0.1, 0.15) is 5.82 Å². The summed E-state index contributed by atoms with van der Waals surface area (Å²) in [6.45, 7) is 4.39. The Morgan fingerprint density at radius 3 is 2.24 bits per heavy atom. The van der Waals surface area contributed by atoms with Gasteiger partial charge < -0.3 is 9.80 Å². The van der Waals surface area contributed by atoms with Gasteiger partial charge in [0, 0.05) is 43.0 Å². The molecule has 1 aliphatic rings. The minimum absolute atomic E-state index is 0.0793. The van der Waals surface area contributed by atoms with Crippen molar-refractivity contribution in [2.24, 2.45) is 0 Å². The molecule has 2 aromatic rings. The Bertz CT molecular complexity index is 1040. The zero-order chi connectivity index (χ0) is 24.8. The second-order valence-electron chi connectivity index (χ2n) is 8.04. The number of alkyl halides is 2. The van der Waals surface area contributed by atoms with Gasteiger partial charge in [0.25, 0.3) is 5.91 Å². The quantitative estimate of drug-likeness (QED) is 0.649. The van der Waals surface area contributed by atoms with E-state index in [1.54, 1.807) is 27.9 Å². The summed E-state index contributed by atoms with van der Waals surface area (Å²) in [5, 5.41) is 0. The minimum atomic E-state index is -3.30. The first-order chi connectivity index (χ1) is 16.2. The summed E-state index contributed by atoms with van der Waals surface area (Å²) in [6.07, 6.45) is -3.30. The lowest BCUT2D eigenvalue weighted by Crippen LogP contribution is -2.52. The predicted molar refractivity (Wildman–Crippen MR) is 120 cm³/mol. The maximum absolute atomic E-state index is 14.9. The van der Waals surface area contributed by atoms with Crippen LogP contribution in [0.3, 0.4) is 0 Å². The van der Waals surface area contributed by atoms with Crippen molar-refractivity contribution >= 4 is 23.5 Å². The van der Waals surface area contributed by atoms with Gasteiger partial charge in [0.05, 0.1) is 6.54 Å². The molecule has 2 aromatic carbocycles. The van der Waals surface area contributed by atoms with Crippen LogP contribution in [0, 0.1) is 12.7 Å². The third kappa shape index (κ3) is 6.25. The van der Waals surface area contributed by atoms with Crippen LogP contribution in [0.5, 0.6) is 0 Å². The van der Waals surface area contributed by atoms with Crippen LogP contribution in [0.15, 0.2) is 42.5 Å². The van der Waals surface area contributed by atoms with Crippen LogP contribution in [0.2, 0.25) is 0 Å². The molecule has 1 aliphatic heterocycles. The van der Waals surface area contributed by atoms with Gasteiger partial charge in [-0.2, -0.15) is 8.78 Å². The van der Waals surface area contributed by atoms with E-state index in [1.165, 1.54) is 17.0 Å². The molecule has 0 unspecified atom stereocenters. The Kier molecular flexibility index (Phi) is 8.11. The summed E-state index contributed by atoms with van der Waals surface area (Å²) in [5.74, 6) is -3.39. The zero-order valence-electron chi connectivity index (χ0n) is 18.9. The molecule has 4 amide bonds. The average molecular weight is 477 g/mol. The van der Waals surface area contributed by atoms with E-state index in [4.69, 9.17) is 0 Å². The van der Waals surface area contributed by atoms with Crippen molar-refractivity contribution in [3.05, 3.63) is 65.0 Å². The molecule has 2 N–H and O–H groups in total. The number of hydrogen-bond acceptors (Lipinski definition) is 4. The standard InChI is InChI=1S/C23H26F3N5O3/c1-15-3-7-18(8-4-15)31(23(34)30-11-9-29(2)10-12-30)14-17-6-5-16(13-19(17)24)21(32)27-28-22(33)20(25)26/h3-8,13,20H,9-12,14H2,1-2H3,(H,27,32)(H,28,33). The summed E-state index contributed by atoms with van der Waals surface area (Å²) in [5.41, 5.74) is 4.96. The summed E-state index contributed by atoms with van der Waals surface area (Å²) in [6, 6.07) is 10.6. The highest BCUT2D eigenvalue weighted by molar-refractivity contribution is 5.96. The Hall–Kier alpha value is -3.60. The molecule has 1 fully saturated rings. The number of piperazine rings is 1. The number of halogens is 3. The van der Waals surface area contributed by atoms with Crippen LogP contribution in [-0.2, 0) is 11.3 Å². The van der Waals surface area contributed by atoms with Crippen molar-refractivity contribution in [1.82, 2.24) is 20.7 Å². The summed E-state index contributed by atoms with van der Waals surface area (Å²) in [4.78, 5) is 41.6. The molecule has 34 heavy (non-hydrogen) atoms. The van der Waals surface area contributed by atoms with E-state index in [0.717, 1.165) is 24.7 Å². The number of nitrogens with zero attached hydrogens (tertiary/aromatic N) is 3. The van der Waals surface area contributed by atoms with Gasteiger partial charge >= 0.3 is 18.4 Å². The number of anilines is 1. The molecule has 0 saturated carbocycles. The SMILES string of the molecule is Cc1ccc(N(Cc2ccc(C(=O)NNC(=O)C(F)F)cc2F)C(=O)N2CCN(C)CC2)cc1. The second-order valence-corrected chi connectivity index (χ2v) is 8.04. The van der Waals surface area contributed by atoms with Crippen LogP contribution < -0.4 is 15.8 Å². The third-order valence-electron chi connectivity index (χ3n) is 5.49. The molecule has 0 spiro atoms. The molecule has 1 heterocycles. The number of hydrogen-bond donors (Lipinski definition) is 2. The lowest BCUT2D eigenvalue weighted by molar-refractivity contribution is -0.132.